The molecule has 0 saturated heterocycles. The fourth-order valence-corrected chi connectivity index (χ4v) is 2.84. The second kappa shape index (κ2) is 8.66. The van der Waals surface area contributed by atoms with Crippen molar-refractivity contribution in [3.8, 4) is 0 Å². The summed E-state index contributed by atoms with van der Waals surface area (Å²) < 4.78 is 6.58. The molecule has 0 aliphatic heterocycles. The van der Waals surface area contributed by atoms with E-state index in [2.05, 4.69) is 40.3 Å². The van der Waals surface area contributed by atoms with Crippen LogP contribution in [0.15, 0.2) is 46.3 Å². The Labute approximate surface area is 138 Å². The first-order valence-electron chi connectivity index (χ1n) is 6.92. The first kappa shape index (κ1) is 16.6. The van der Waals surface area contributed by atoms with Gasteiger partial charge in [0.05, 0.1) is 19.3 Å². The maximum atomic E-state index is 9.93. The summed E-state index contributed by atoms with van der Waals surface area (Å²) in [5, 5.41) is 15.3. The molecule has 0 amide bonds. The van der Waals surface area contributed by atoms with E-state index in [1.165, 1.54) is 10.4 Å². The van der Waals surface area contributed by atoms with Crippen LogP contribution in [0, 0.1) is 0 Å². The number of hydrogen-bond donors (Lipinski definition) is 2. The van der Waals surface area contributed by atoms with Crippen molar-refractivity contribution in [1.82, 2.24) is 5.32 Å². The van der Waals surface area contributed by atoms with Gasteiger partial charge in [0.2, 0.25) is 0 Å². The normalized spacial score (nSPS) is 14.0. The maximum Gasteiger partial charge on any atom is 0.0898 e. The third-order valence-electron chi connectivity index (χ3n) is 3.16. The standard InChI is InChI=1S/C16H20BrNO2S/c1-12(13-4-6-14(17)7-5-13)18-9-15(19)10-20-11-16-3-2-8-21-16/h2-8,12,15,18-19H,9-11H2,1H3/t12-,15?/m0/s1. The average molecular weight is 370 g/mol. The van der Waals surface area contributed by atoms with Crippen LogP contribution < -0.4 is 5.32 Å². The van der Waals surface area contributed by atoms with Crippen molar-refractivity contribution < 1.29 is 9.84 Å². The zero-order chi connectivity index (χ0) is 15.1. The zero-order valence-corrected chi connectivity index (χ0v) is 14.4. The van der Waals surface area contributed by atoms with Crippen molar-refractivity contribution in [2.24, 2.45) is 0 Å². The number of benzene rings is 1. The lowest BCUT2D eigenvalue weighted by Crippen LogP contribution is -2.32. The Bertz CT molecular complexity index is 516. The number of ether oxygens (including phenoxy) is 1. The highest BCUT2D eigenvalue weighted by Gasteiger charge is 2.09. The number of rotatable bonds is 8. The first-order valence-corrected chi connectivity index (χ1v) is 8.59. The summed E-state index contributed by atoms with van der Waals surface area (Å²) in [5.74, 6) is 0. The van der Waals surface area contributed by atoms with Gasteiger partial charge in [0.25, 0.3) is 0 Å². The van der Waals surface area contributed by atoms with Gasteiger partial charge in [-0.15, -0.1) is 11.3 Å². The van der Waals surface area contributed by atoms with Crippen LogP contribution in [0.2, 0.25) is 0 Å². The molecule has 1 heterocycles. The highest BCUT2D eigenvalue weighted by Crippen LogP contribution is 2.16. The monoisotopic (exact) mass is 369 g/mol. The first-order chi connectivity index (χ1) is 10.1. The van der Waals surface area contributed by atoms with Crippen LogP contribution in [0.5, 0.6) is 0 Å². The molecule has 0 saturated carbocycles. The summed E-state index contributed by atoms with van der Waals surface area (Å²) in [6.45, 7) is 3.51. The SMILES string of the molecule is C[C@H](NCC(O)COCc1cccs1)c1ccc(Br)cc1. The summed E-state index contributed by atoms with van der Waals surface area (Å²) >= 11 is 5.09. The van der Waals surface area contributed by atoms with Crippen LogP contribution in [-0.4, -0.2) is 24.4 Å². The predicted molar refractivity (Wildman–Crippen MR) is 90.5 cm³/mol. The predicted octanol–water partition coefficient (Wildman–Crippen LogP) is 3.74. The average Bonchev–Trinajstić information content (AvgIpc) is 2.99. The number of aliphatic hydroxyl groups excluding tert-OH is 1. The molecule has 0 bridgehead atoms. The minimum absolute atomic E-state index is 0.199. The fourth-order valence-electron chi connectivity index (χ4n) is 1.93. The molecular formula is C16H20BrNO2S. The van der Waals surface area contributed by atoms with Crippen molar-refractivity contribution in [1.29, 1.82) is 0 Å². The molecule has 2 aromatic rings. The third-order valence-corrected chi connectivity index (χ3v) is 4.54. The zero-order valence-electron chi connectivity index (χ0n) is 12.0. The van der Waals surface area contributed by atoms with Crippen LogP contribution in [-0.2, 0) is 11.3 Å². The molecule has 3 nitrogen and oxygen atoms in total. The molecule has 21 heavy (non-hydrogen) atoms. The highest BCUT2D eigenvalue weighted by molar-refractivity contribution is 9.10. The molecule has 2 N–H and O–H groups in total. The topological polar surface area (TPSA) is 41.5 Å². The molecule has 5 heteroatoms. The van der Waals surface area contributed by atoms with E-state index in [0.29, 0.717) is 19.8 Å². The Morgan fingerprint density at radius 1 is 1.29 bits per heavy atom. The molecule has 1 unspecified atom stereocenters. The number of hydrogen-bond acceptors (Lipinski definition) is 4. The minimum atomic E-state index is -0.497. The van der Waals surface area contributed by atoms with Crippen LogP contribution >= 0.6 is 27.3 Å². The summed E-state index contributed by atoms with van der Waals surface area (Å²) in [6, 6.07) is 12.4. The third kappa shape index (κ3) is 5.88. The molecule has 0 fully saturated rings. The number of aliphatic hydroxyl groups is 1. The van der Waals surface area contributed by atoms with Crippen molar-refractivity contribution >= 4 is 27.3 Å². The van der Waals surface area contributed by atoms with Crippen molar-refractivity contribution in [3.05, 3.63) is 56.7 Å². The number of nitrogens with one attached hydrogen (secondary N) is 1. The molecule has 0 spiro atoms. The molecule has 2 rings (SSSR count). The molecule has 114 valence electrons. The second-order valence-electron chi connectivity index (χ2n) is 4.93. The van der Waals surface area contributed by atoms with Gasteiger partial charge in [0.1, 0.15) is 0 Å². The molecule has 0 aliphatic carbocycles. The largest absolute Gasteiger partial charge is 0.389 e. The summed E-state index contributed by atoms with van der Waals surface area (Å²) in [7, 11) is 0. The van der Waals surface area contributed by atoms with E-state index in [-0.39, 0.29) is 6.04 Å². The van der Waals surface area contributed by atoms with Gasteiger partial charge in [0.15, 0.2) is 0 Å². The molecular weight excluding hydrogens is 350 g/mol. The van der Waals surface area contributed by atoms with Gasteiger partial charge < -0.3 is 15.2 Å². The van der Waals surface area contributed by atoms with Crippen LogP contribution in [0.3, 0.4) is 0 Å². The Balaban J connectivity index is 1.66. The van der Waals surface area contributed by atoms with E-state index in [9.17, 15) is 5.11 Å². The van der Waals surface area contributed by atoms with Crippen molar-refractivity contribution in [2.75, 3.05) is 13.2 Å². The summed E-state index contributed by atoms with van der Waals surface area (Å²) in [4.78, 5) is 1.18. The molecule has 1 aromatic heterocycles. The Morgan fingerprint density at radius 2 is 2.05 bits per heavy atom. The van der Waals surface area contributed by atoms with E-state index >= 15 is 0 Å². The van der Waals surface area contributed by atoms with E-state index in [1.807, 2.05) is 29.6 Å². The minimum Gasteiger partial charge on any atom is -0.389 e. The van der Waals surface area contributed by atoms with Crippen LogP contribution in [0.4, 0.5) is 0 Å². The fraction of sp³-hybridized carbons (Fsp3) is 0.375. The molecule has 0 radical (unpaired) electrons. The second-order valence-corrected chi connectivity index (χ2v) is 6.88. The highest BCUT2D eigenvalue weighted by atomic mass is 79.9. The van der Waals surface area contributed by atoms with E-state index < -0.39 is 6.10 Å². The maximum absolute atomic E-state index is 9.93. The van der Waals surface area contributed by atoms with Gasteiger partial charge in [0, 0.05) is 21.9 Å². The van der Waals surface area contributed by atoms with Gasteiger partial charge in [-0.2, -0.15) is 0 Å². The van der Waals surface area contributed by atoms with Gasteiger partial charge in [-0.25, -0.2) is 0 Å². The lowest BCUT2D eigenvalue weighted by Gasteiger charge is -2.17. The molecule has 2 atom stereocenters. The molecule has 0 aliphatic rings. The lowest BCUT2D eigenvalue weighted by molar-refractivity contribution is 0.0288. The van der Waals surface area contributed by atoms with E-state index in [1.54, 1.807) is 11.3 Å². The van der Waals surface area contributed by atoms with E-state index in [0.717, 1.165) is 4.47 Å². The van der Waals surface area contributed by atoms with Crippen LogP contribution in [0.1, 0.15) is 23.4 Å². The number of halogens is 1. The van der Waals surface area contributed by atoms with Crippen molar-refractivity contribution in [3.63, 3.8) is 0 Å². The van der Waals surface area contributed by atoms with Gasteiger partial charge in [-0.3, -0.25) is 0 Å². The quantitative estimate of drug-likeness (QED) is 0.744. The molecule has 1 aromatic carbocycles. The van der Waals surface area contributed by atoms with Gasteiger partial charge in [-0.1, -0.05) is 34.1 Å². The van der Waals surface area contributed by atoms with Crippen molar-refractivity contribution in [2.45, 2.75) is 25.7 Å². The summed E-state index contributed by atoms with van der Waals surface area (Å²) in [6.07, 6.45) is -0.497. The lowest BCUT2D eigenvalue weighted by atomic mass is 10.1. The van der Waals surface area contributed by atoms with Crippen LogP contribution in [0.25, 0.3) is 0 Å². The van der Waals surface area contributed by atoms with E-state index in [4.69, 9.17) is 4.74 Å². The number of thiophene rings is 1. The smallest absolute Gasteiger partial charge is 0.0898 e. The Morgan fingerprint density at radius 3 is 2.71 bits per heavy atom. The van der Waals surface area contributed by atoms with Gasteiger partial charge >= 0.3 is 0 Å². The van der Waals surface area contributed by atoms with Gasteiger partial charge in [-0.05, 0) is 36.1 Å². The Hall–Kier alpha value is -0.720. The Kier molecular flexibility index (Phi) is 6.86. The summed E-state index contributed by atoms with van der Waals surface area (Å²) in [5.41, 5.74) is 1.20.